The van der Waals surface area contributed by atoms with Crippen molar-refractivity contribution in [2.75, 3.05) is 24.5 Å². The fourth-order valence-electron chi connectivity index (χ4n) is 3.14. The van der Waals surface area contributed by atoms with Crippen LogP contribution in [0.4, 0.5) is 5.69 Å². The molecule has 0 aliphatic rings. The van der Waals surface area contributed by atoms with E-state index in [-0.39, 0.29) is 17.3 Å². The first-order chi connectivity index (χ1) is 15.4. The maximum atomic E-state index is 13.2. The lowest BCUT2D eigenvalue weighted by Crippen LogP contribution is -2.41. The molecule has 0 aliphatic heterocycles. The van der Waals surface area contributed by atoms with Crippen molar-refractivity contribution < 1.29 is 17.9 Å². The van der Waals surface area contributed by atoms with Gasteiger partial charge in [-0.25, -0.2) is 8.42 Å². The lowest BCUT2D eigenvalue weighted by molar-refractivity contribution is -0.119. The largest absolute Gasteiger partial charge is 0.497 e. The van der Waals surface area contributed by atoms with Gasteiger partial charge in [-0.05, 0) is 66.9 Å². The van der Waals surface area contributed by atoms with Gasteiger partial charge in [0, 0.05) is 11.0 Å². The zero-order valence-corrected chi connectivity index (χ0v) is 20.1. The number of sulfonamides is 1. The highest BCUT2D eigenvalue weighted by Gasteiger charge is 2.26. The van der Waals surface area contributed by atoms with Gasteiger partial charge in [-0.2, -0.15) is 0 Å². The highest BCUT2D eigenvalue weighted by molar-refractivity contribution is 9.10. The Kier molecular flexibility index (Phi) is 8.30. The van der Waals surface area contributed by atoms with E-state index in [4.69, 9.17) is 4.74 Å². The van der Waals surface area contributed by atoms with Gasteiger partial charge in [-0.15, -0.1) is 0 Å². The lowest BCUT2D eigenvalue weighted by atomic mass is 10.1. The van der Waals surface area contributed by atoms with Crippen molar-refractivity contribution in [3.05, 3.63) is 88.9 Å². The Hall–Kier alpha value is -2.84. The predicted octanol–water partition coefficient (Wildman–Crippen LogP) is 4.40. The van der Waals surface area contributed by atoms with E-state index in [2.05, 4.69) is 21.2 Å². The number of anilines is 1. The van der Waals surface area contributed by atoms with Crippen LogP contribution in [0.5, 0.6) is 5.75 Å². The SMILES string of the molecule is COc1ccc(CCCNC(=O)CN(c2ccc(Br)cc2)S(=O)(=O)c2ccccc2)cc1. The molecule has 0 heterocycles. The fourth-order valence-corrected chi connectivity index (χ4v) is 4.85. The zero-order valence-electron chi connectivity index (χ0n) is 17.7. The zero-order chi connectivity index (χ0) is 23.0. The Morgan fingerprint density at radius 2 is 1.62 bits per heavy atom. The number of benzene rings is 3. The molecule has 0 saturated carbocycles. The molecule has 8 heteroatoms. The minimum atomic E-state index is -3.90. The molecule has 0 bridgehead atoms. The van der Waals surface area contributed by atoms with Crippen LogP contribution in [0.25, 0.3) is 0 Å². The number of aryl methyl sites for hydroxylation is 1. The Labute approximate surface area is 197 Å². The minimum absolute atomic E-state index is 0.134. The second-order valence-electron chi connectivity index (χ2n) is 7.10. The number of ether oxygens (including phenoxy) is 1. The molecule has 0 saturated heterocycles. The molecular weight excluding hydrogens is 492 g/mol. The lowest BCUT2D eigenvalue weighted by Gasteiger charge is -2.24. The summed E-state index contributed by atoms with van der Waals surface area (Å²) in [5, 5.41) is 2.83. The molecule has 1 amide bonds. The first-order valence-corrected chi connectivity index (χ1v) is 12.4. The fraction of sp³-hybridized carbons (Fsp3) is 0.208. The van der Waals surface area contributed by atoms with Crippen molar-refractivity contribution in [2.24, 2.45) is 0 Å². The molecule has 0 aliphatic carbocycles. The molecule has 0 aromatic heterocycles. The van der Waals surface area contributed by atoms with Gasteiger partial charge >= 0.3 is 0 Å². The van der Waals surface area contributed by atoms with Gasteiger partial charge in [-0.1, -0.05) is 46.3 Å². The van der Waals surface area contributed by atoms with E-state index < -0.39 is 10.0 Å². The number of carbonyl (C=O) groups excluding carboxylic acids is 1. The summed E-state index contributed by atoms with van der Waals surface area (Å²) in [6, 6.07) is 22.7. The van der Waals surface area contributed by atoms with Crippen LogP contribution in [0, 0.1) is 0 Å². The number of carbonyl (C=O) groups is 1. The smallest absolute Gasteiger partial charge is 0.264 e. The summed E-state index contributed by atoms with van der Waals surface area (Å²) in [4.78, 5) is 12.8. The molecule has 0 radical (unpaired) electrons. The van der Waals surface area contributed by atoms with Crippen molar-refractivity contribution in [2.45, 2.75) is 17.7 Å². The Balaban J connectivity index is 1.65. The summed E-state index contributed by atoms with van der Waals surface area (Å²) in [5.74, 6) is 0.442. The number of halogens is 1. The van der Waals surface area contributed by atoms with Crippen molar-refractivity contribution in [3.8, 4) is 5.75 Å². The minimum Gasteiger partial charge on any atom is -0.497 e. The molecular formula is C24H25BrN2O4S. The van der Waals surface area contributed by atoms with Gasteiger partial charge in [0.2, 0.25) is 5.91 Å². The van der Waals surface area contributed by atoms with Gasteiger partial charge in [-0.3, -0.25) is 9.10 Å². The Morgan fingerprint density at radius 3 is 2.25 bits per heavy atom. The maximum absolute atomic E-state index is 13.2. The Bertz CT molecular complexity index is 1120. The molecule has 0 atom stereocenters. The van der Waals surface area contributed by atoms with Crippen LogP contribution >= 0.6 is 15.9 Å². The van der Waals surface area contributed by atoms with E-state index in [1.165, 1.54) is 12.1 Å². The summed E-state index contributed by atoms with van der Waals surface area (Å²) in [6.45, 7) is 0.145. The molecule has 0 spiro atoms. The monoisotopic (exact) mass is 516 g/mol. The highest BCUT2D eigenvalue weighted by atomic mass is 79.9. The number of methoxy groups -OCH3 is 1. The van der Waals surface area contributed by atoms with Crippen molar-refractivity contribution >= 4 is 37.5 Å². The van der Waals surface area contributed by atoms with Gasteiger partial charge in [0.25, 0.3) is 10.0 Å². The van der Waals surface area contributed by atoms with Crippen LogP contribution in [-0.4, -0.2) is 34.5 Å². The predicted molar refractivity (Wildman–Crippen MR) is 129 cm³/mol. The second-order valence-corrected chi connectivity index (χ2v) is 9.88. The summed E-state index contributed by atoms with van der Waals surface area (Å²) < 4.78 is 33.6. The number of nitrogens with zero attached hydrogens (tertiary/aromatic N) is 1. The number of hydrogen-bond donors (Lipinski definition) is 1. The van der Waals surface area contributed by atoms with Crippen LogP contribution in [0.1, 0.15) is 12.0 Å². The molecule has 168 valence electrons. The van der Waals surface area contributed by atoms with Gasteiger partial charge in [0.1, 0.15) is 12.3 Å². The molecule has 0 unspecified atom stereocenters. The van der Waals surface area contributed by atoms with Crippen LogP contribution < -0.4 is 14.4 Å². The van der Waals surface area contributed by atoms with E-state index in [1.807, 2.05) is 24.3 Å². The molecule has 0 fully saturated rings. The highest BCUT2D eigenvalue weighted by Crippen LogP contribution is 2.25. The standard InChI is InChI=1S/C24H25BrN2O4S/c1-31-22-15-9-19(10-16-22)6-5-17-26-24(28)18-27(21-13-11-20(25)12-14-21)32(29,30)23-7-3-2-4-8-23/h2-4,7-16H,5-6,17-18H2,1H3,(H,26,28). The first-order valence-electron chi connectivity index (χ1n) is 10.1. The van der Waals surface area contributed by atoms with E-state index in [1.54, 1.807) is 49.6 Å². The van der Waals surface area contributed by atoms with Crippen molar-refractivity contribution in [1.29, 1.82) is 0 Å². The molecule has 3 rings (SSSR count). The average Bonchev–Trinajstić information content (AvgIpc) is 2.82. The summed E-state index contributed by atoms with van der Waals surface area (Å²) in [5.41, 5.74) is 1.56. The topological polar surface area (TPSA) is 75.7 Å². The van der Waals surface area contributed by atoms with Crippen LogP contribution in [0.2, 0.25) is 0 Å². The second kappa shape index (κ2) is 11.2. The molecule has 3 aromatic carbocycles. The third-order valence-corrected chi connectivity index (χ3v) is 7.17. The number of nitrogens with one attached hydrogen (secondary N) is 1. The van der Waals surface area contributed by atoms with E-state index in [0.717, 1.165) is 32.9 Å². The van der Waals surface area contributed by atoms with Gasteiger partial charge < -0.3 is 10.1 Å². The molecule has 32 heavy (non-hydrogen) atoms. The maximum Gasteiger partial charge on any atom is 0.264 e. The first kappa shape index (κ1) is 23.8. The third-order valence-electron chi connectivity index (χ3n) is 4.86. The van der Waals surface area contributed by atoms with Crippen LogP contribution in [-0.2, 0) is 21.2 Å². The average molecular weight is 517 g/mol. The van der Waals surface area contributed by atoms with Crippen LogP contribution in [0.15, 0.2) is 88.2 Å². The summed E-state index contributed by atoms with van der Waals surface area (Å²) in [7, 11) is -2.27. The summed E-state index contributed by atoms with van der Waals surface area (Å²) >= 11 is 3.36. The normalized spacial score (nSPS) is 11.1. The quantitative estimate of drug-likeness (QED) is 0.405. The Morgan fingerprint density at radius 1 is 0.969 bits per heavy atom. The van der Waals surface area contributed by atoms with Gasteiger partial charge in [0.15, 0.2) is 0 Å². The molecule has 1 N–H and O–H groups in total. The van der Waals surface area contributed by atoms with Gasteiger partial charge in [0.05, 0.1) is 17.7 Å². The number of amides is 1. The van der Waals surface area contributed by atoms with Crippen molar-refractivity contribution in [1.82, 2.24) is 5.32 Å². The number of rotatable bonds is 10. The number of hydrogen-bond acceptors (Lipinski definition) is 4. The summed E-state index contributed by atoms with van der Waals surface area (Å²) in [6.07, 6.45) is 1.53. The molecule has 6 nitrogen and oxygen atoms in total. The third kappa shape index (κ3) is 6.34. The van der Waals surface area contributed by atoms with Crippen LogP contribution in [0.3, 0.4) is 0 Å². The van der Waals surface area contributed by atoms with E-state index >= 15 is 0 Å². The van der Waals surface area contributed by atoms with E-state index in [0.29, 0.717) is 12.2 Å². The molecule has 3 aromatic rings. The van der Waals surface area contributed by atoms with E-state index in [9.17, 15) is 13.2 Å². The van der Waals surface area contributed by atoms with Crippen molar-refractivity contribution in [3.63, 3.8) is 0 Å².